The Morgan fingerprint density at radius 1 is 0.943 bits per heavy atom. The van der Waals surface area contributed by atoms with Gasteiger partial charge < -0.3 is 4.74 Å². The van der Waals surface area contributed by atoms with Gasteiger partial charge in [-0.25, -0.2) is 4.98 Å². The van der Waals surface area contributed by atoms with Crippen molar-refractivity contribution in [2.24, 2.45) is 0 Å². The Bertz CT molecular complexity index is 1290. The number of hydrogen-bond donors (Lipinski definition) is 0. The summed E-state index contributed by atoms with van der Waals surface area (Å²) in [5.41, 5.74) is 8.41. The molecule has 0 N–H and O–H groups in total. The molecule has 0 saturated carbocycles. The molecule has 1 aliphatic carbocycles. The molecule has 0 spiro atoms. The quantitative estimate of drug-likeness (QED) is 0.192. The van der Waals surface area contributed by atoms with Crippen LogP contribution in [-0.2, 0) is 17.9 Å². The normalized spacial score (nSPS) is 15.4. The van der Waals surface area contributed by atoms with Crippen LogP contribution in [0.1, 0.15) is 30.4 Å². The zero-order valence-corrected chi connectivity index (χ0v) is 22.3. The highest BCUT2D eigenvalue weighted by Gasteiger charge is 2.24. The van der Waals surface area contributed by atoms with Gasteiger partial charge in [-0.2, -0.15) is 0 Å². The molecule has 2 aromatic heterocycles. The van der Waals surface area contributed by atoms with Gasteiger partial charge >= 0.3 is 0 Å². The van der Waals surface area contributed by atoms with Crippen molar-refractivity contribution < 1.29 is 4.74 Å². The van der Waals surface area contributed by atoms with Gasteiger partial charge in [0.15, 0.2) is 0 Å². The van der Waals surface area contributed by atoms with Gasteiger partial charge in [-0.1, -0.05) is 69.0 Å². The number of aryl methyl sites for hydroxylation is 1. The number of benzene rings is 2. The molecular formula is C30H35N3OSi. The fourth-order valence-corrected chi connectivity index (χ4v) is 5.66. The summed E-state index contributed by atoms with van der Waals surface area (Å²) in [6.07, 6.45) is 6.05. The summed E-state index contributed by atoms with van der Waals surface area (Å²) in [7, 11) is -1.17. The molecule has 2 aromatic carbocycles. The third-order valence-electron chi connectivity index (χ3n) is 6.96. The van der Waals surface area contributed by atoms with E-state index in [0.717, 1.165) is 47.4 Å². The van der Waals surface area contributed by atoms with E-state index >= 15 is 0 Å². The highest BCUT2D eigenvalue weighted by atomic mass is 28.3. The molecular weight excluding hydrogens is 446 g/mol. The van der Waals surface area contributed by atoms with Crippen LogP contribution in [-0.4, -0.2) is 29.2 Å². The zero-order chi connectivity index (χ0) is 24.4. The Kier molecular flexibility index (Phi) is 6.72. The van der Waals surface area contributed by atoms with Crippen LogP contribution in [0, 0.1) is 0 Å². The van der Waals surface area contributed by atoms with Crippen LogP contribution in [0.4, 0.5) is 0 Å². The summed E-state index contributed by atoms with van der Waals surface area (Å²) in [5.74, 6) is 1.57. The van der Waals surface area contributed by atoms with Gasteiger partial charge in [0.1, 0.15) is 12.6 Å². The van der Waals surface area contributed by atoms with Crippen LogP contribution < -0.4 is 0 Å². The maximum atomic E-state index is 6.32. The molecule has 5 heteroatoms. The van der Waals surface area contributed by atoms with Crippen LogP contribution in [0.2, 0.25) is 25.7 Å². The van der Waals surface area contributed by atoms with Gasteiger partial charge in [-0.3, -0.25) is 9.55 Å². The molecule has 4 aromatic rings. The van der Waals surface area contributed by atoms with Crippen LogP contribution in [0.5, 0.6) is 0 Å². The first-order valence-electron chi connectivity index (χ1n) is 12.7. The van der Waals surface area contributed by atoms with Crippen molar-refractivity contribution in [1.29, 1.82) is 0 Å². The lowest BCUT2D eigenvalue weighted by Crippen LogP contribution is -2.22. The molecule has 1 atom stereocenters. The average Bonchev–Trinajstić information content (AvgIpc) is 3.43. The van der Waals surface area contributed by atoms with Crippen LogP contribution >= 0.6 is 0 Å². The summed E-state index contributed by atoms with van der Waals surface area (Å²) in [6, 6.07) is 22.7. The SMILES string of the molecule is CC1CCc2cc(-c3c(-c4ccncc4)nc(-c4ccccc4)n3COCC[Si](C)(C)C)ccc21. The molecule has 35 heavy (non-hydrogen) atoms. The highest BCUT2D eigenvalue weighted by molar-refractivity contribution is 6.76. The third-order valence-corrected chi connectivity index (χ3v) is 8.67. The molecule has 0 amide bonds. The Labute approximate surface area is 210 Å². The monoisotopic (exact) mass is 481 g/mol. The van der Waals surface area contributed by atoms with E-state index in [0.29, 0.717) is 12.6 Å². The van der Waals surface area contributed by atoms with Gasteiger partial charge in [-0.15, -0.1) is 0 Å². The Morgan fingerprint density at radius 2 is 1.71 bits per heavy atom. The molecule has 5 rings (SSSR count). The van der Waals surface area contributed by atoms with Crippen molar-refractivity contribution in [3.8, 4) is 33.9 Å². The number of pyridine rings is 1. The lowest BCUT2D eigenvalue weighted by Gasteiger charge is -2.18. The molecule has 0 aliphatic heterocycles. The number of hydrogen-bond acceptors (Lipinski definition) is 3. The van der Waals surface area contributed by atoms with Crippen LogP contribution in [0.25, 0.3) is 33.9 Å². The molecule has 1 aliphatic rings. The van der Waals surface area contributed by atoms with E-state index in [2.05, 4.69) is 78.6 Å². The largest absolute Gasteiger partial charge is 0.361 e. The fraction of sp³-hybridized carbons (Fsp3) is 0.333. The molecule has 0 radical (unpaired) electrons. The van der Waals surface area contributed by atoms with Crippen molar-refractivity contribution in [2.45, 2.75) is 58.1 Å². The zero-order valence-electron chi connectivity index (χ0n) is 21.3. The maximum absolute atomic E-state index is 6.32. The Hall–Kier alpha value is -3.02. The summed E-state index contributed by atoms with van der Waals surface area (Å²) in [5, 5.41) is 0. The highest BCUT2D eigenvalue weighted by Crippen LogP contribution is 2.40. The minimum absolute atomic E-state index is 0.482. The van der Waals surface area contributed by atoms with E-state index in [1.54, 1.807) is 0 Å². The number of aromatic nitrogens is 3. The minimum atomic E-state index is -1.17. The lowest BCUT2D eigenvalue weighted by molar-refractivity contribution is 0.0893. The van der Waals surface area contributed by atoms with E-state index in [9.17, 15) is 0 Å². The summed E-state index contributed by atoms with van der Waals surface area (Å²) in [4.78, 5) is 9.47. The lowest BCUT2D eigenvalue weighted by atomic mass is 9.98. The van der Waals surface area contributed by atoms with Gasteiger partial charge in [0.2, 0.25) is 0 Å². The van der Waals surface area contributed by atoms with Crippen molar-refractivity contribution in [2.75, 3.05) is 6.61 Å². The van der Waals surface area contributed by atoms with E-state index in [1.165, 1.54) is 23.1 Å². The number of imidazole rings is 1. The minimum Gasteiger partial charge on any atom is -0.361 e. The van der Waals surface area contributed by atoms with Crippen molar-refractivity contribution >= 4 is 8.07 Å². The summed E-state index contributed by atoms with van der Waals surface area (Å²) >= 11 is 0. The number of rotatable bonds is 8. The molecule has 0 bridgehead atoms. The topological polar surface area (TPSA) is 39.9 Å². The molecule has 4 nitrogen and oxygen atoms in total. The van der Waals surface area contributed by atoms with Gasteiger partial charge in [0, 0.05) is 43.8 Å². The molecule has 180 valence electrons. The standard InChI is InChI=1S/C30H35N3OSi/c1-22-10-11-25-20-26(12-13-27(22)25)29-28(23-14-16-31-17-15-23)32-30(24-8-6-5-7-9-24)33(29)21-34-18-19-35(2,3)4/h5-9,12-17,20,22H,10-11,18-19,21H2,1-4H3. The van der Waals surface area contributed by atoms with E-state index in [4.69, 9.17) is 9.72 Å². The second-order valence-corrected chi connectivity index (χ2v) is 16.5. The summed E-state index contributed by atoms with van der Waals surface area (Å²) < 4.78 is 8.60. The van der Waals surface area contributed by atoms with Crippen molar-refractivity contribution in [1.82, 2.24) is 14.5 Å². The first-order chi connectivity index (χ1) is 16.9. The van der Waals surface area contributed by atoms with Crippen molar-refractivity contribution in [3.05, 3.63) is 84.2 Å². The maximum Gasteiger partial charge on any atom is 0.143 e. The summed E-state index contributed by atoms with van der Waals surface area (Å²) in [6.45, 7) is 10.8. The van der Waals surface area contributed by atoms with Gasteiger partial charge in [0.05, 0.1) is 11.4 Å². The first-order valence-corrected chi connectivity index (χ1v) is 16.4. The van der Waals surface area contributed by atoms with E-state index < -0.39 is 8.07 Å². The van der Waals surface area contributed by atoms with E-state index in [-0.39, 0.29) is 0 Å². The predicted octanol–water partition coefficient (Wildman–Crippen LogP) is 7.64. The van der Waals surface area contributed by atoms with Crippen LogP contribution in [0.3, 0.4) is 0 Å². The fourth-order valence-electron chi connectivity index (χ4n) is 4.90. The second kappa shape index (κ2) is 9.92. The Balaban J connectivity index is 1.65. The van der Waals surface area contributed by atoms with Crippen LogP contribution in [0.15, 0.2) is 73.1 Å². The predicted molar refractivity (Wildman–Crippen MR) is 147 cm³/mol. The van der Waals surface area contributed by atoms with Crippen molar-refractivity contribution in [3.63, 3.8) is 0 Å². The first kappa shape index (κ1) is 23.7. The smallest absolute Gasteiger partial charge is 0.143 e. The molecule has 2 heterocycles. The number of nitrogens with zero attached hydrogens (tertiary/aromatic N) is 3. The van der Waals surface area contributed by atoms with Gasteiger partial charge in [-0.05, 0) is 54.1 Å². The molecule has 1 unspecified atom stereocenters. The number of fused-ring (bicyclic) bond motifs is 1. The van der Waals surface area contributed by atoms with E-state index in [1.807, 2.05) is 30.6 Å². The Morgan fingerprint density at radius 3 is 2.46 bits per heavy atom. The van der Waals surface area contributed by atoms with Gasteiger partial charge in [0.25, 0.3) is 0 Å². The molecule has 0 saturated heterocycles. The third kappa shape index (κ3) is 5.16. The average molecular weight is 482 g/mol. The molecule has 0 fully saturated rings. The second-order valence-electron chi connectivity index (χ2n) is 10.9. The number of ether oxygens (including phenoxy) is 1.